The van der Waals surface area contributed by atoms with Crippen LogP contribution < -0.4 is 5.56 Å². The lowest BCUT2D eigenvalue weighted by Crippen LogP contribution is -2.19. The number of nitrogens with zero attached hydrogens (tertiary/aromatic N) is 1. The van der Waals surface area contributed by atoms with Gasteiger partial charge in [0.25, 0.3) is 5.56 Å². The third-order valence-electron chi connectivity index (χ3n) is 1.92. The van der Waals surface area contributed by atoms with Gasteiger partial charge in [0.15, 0.2) is 4.77 Å². The molecule has 1 N–H and O–H groups in total. The van der Waals surface area contributed by atoms with Crippen molar-refractivity contribution in [3.05, 3.63) is 27.1 Å². The smallest absolute Gasteiger partial charge is 0.287 e. The molecular weight excluding hydrogens is 218 g/mol. The van der Waals surface area contributed by atoms with E-state index in [9.17, 15) is 9.18 Å². The summed E-state index contributed by atoms with van der Waals surface area (Å²) < 4.78 is 19.3. The maximum atomic E-state index is 12.9. The second kappa shape index (κ2) is 5.23. The Balaban J connectivity index is 2.82. The number of ether oxygens (including phenoxy) is 1. The average molecular weight is 228 g/mol. The largest absolute Gasteiger partial charge is 0.391 e. The molecule has 0 aliphatic heterocycles. The van der Waals surface area contributed by atoms with Crippen LogP contribution in [0.3, 0.4) is 0 Å². The maximum absolute atomic E-state index is 12.9. The van der Waals surface area contributed by atoms with Gasteiger partial charge in [-0.1, -0.05) is 0 Å². The number of aryl methyl sites for hydroxylation is 1. The van der Waals surface area contributed by atoms with Crippen molar-refractivity contribution in [3.8, 4) is 0 Å². The van der Waals surface area contributed by atoms with Crippen LogP contribution in [0.4, 0.5) is 4.39 Å². The molecule has 0 amide bonds. The minimum absolute atomic E-state index is 0.171. The molecule has 80 valence electrons. The van der Waals surface area contributed by atoms with Gasteiger partial charge in [-0.2, -0.15) is 4.39 Å². The Morgan fingerprint density at radius 3 is 3.07 bits per heavy atom. The highest BCUT2D eigenvalue weighted by molar-refractivity contribution is 7.71. The van der Waals surface area contributed by atoms with E-state index in [0.717, 1.165) is 6.20 Å². The third-order valence-corrected chi connectivity index (χ3v) is 2.26. The highest BCUT2D eigenvalue weighted by Gasteiger charge is 2.03. The highest BCUT2D eigenvalue weighted by Crippen LogP contribution is 1.98. The first-order valence-electron chi connectivity index (χ1n) is 4.32. The molecule has 1 rings (SSSR count). The van der Waals surface area contributed by atoms with Crippen molar-refractivity contribution in [2.75, 3.05) is 7.11 Å². The topological polar surface area (TPSA) is 47.0 Å². The predicted octanol–water partition coefficient (Wildman–Crippen LogP) is 0.576. The van der Waals surface area contributed by atoms with Crippen molar-refractivity contribution in [2.24, 2.45) is 0 Å². The summed E-state index contributed by atoms with van der Waals surface area (Å²) in [6.07, 6.45) is 1.54. The van der Waals surface area contributed by atoms with Gasteiger partial charge >= 0.3 is 0 Å². The number of hydrogen-bond acceptors (Lipinski definition) is 3. The lowest BCUT2D eigenvalue weighted by molar-refractivity contribution is 0.154. The van der Waals surface area contributed by atoms with Crippen LogP contribution in [0.25, 0.3) is 0 Å². The number of rotatable bonds is 4. The van der Waals surface area contributed by atoms with Crippen LogP contribution in [0.5, 0.6) is 0 Å². The fourth-order valence-electron chi connectivity index (χ4n) is 1.03. The van der Waals surface area contributed by atoms with Crippen molar-refractivity contribution in [1.29, 1.82) is 0 Å². The SMILES string of the molecule is [B][C@H](CCn1cc(F)c(=O)[nH]c1=S)OC. The minimum atomic E-state index is -0.866. The number of hydrogen-bond donors (Lipinski definition) is 1. The first-order valence-corrected chi connectivity index (χ1v) is 4.73. The van der Waals surface area contributed by atoms with E-state index in [4.69, 9.17) is 24.8 Å². The Morgan fingerprint density at radius 2 is 2.47 bits per heavy atom. The van der Waals surface area contributed by atoms with Crippen LogP contribution >= 0.6 is 12.2 Å². The number of nitrogens with one attached hydrogen (secondary N) is 1. The van der Waals surface area contributed by atoms with Crippen LogP contribution in [0.1, 0.15) is 6.42 Å². The maximum Gasteiger partial charge on any atom is 0.287 e. The summed E-state index contributed by atoms with van der Waals surface area (Å²) in [5, 5.41) is 0. The number of methoxy groups -OCH3 is 1. The van der Waals surface area contributed by atoms with E-state index in [1.54, 1.807) is 0 Å². The monoisotopic (exact) mass is 228 g/mol. The minimum Gasteiger partial charge on any atom is -0.391 e. The molecule has 1 atom stereocenters. The van der Waals surface area contributed by atoms with E-state index in [-0.39, 0.29) is 4.77 Å². The molecule has 7 heteroatoms. The van der Waals surface area contributed by atoms with Crippen LogP contribution in [-0.4, -0.2) is 30.5 Å². The van der Waals surface area contributed by atoms with E-state index in [2.05, 4.69) is 4.98 Å². The molecule has 1 aromatic rings. The van der Waals surface area contributed by atoms with Crippen LogP contribution in [0.15, 0.2) is 11.0 Å². The van der Waals surface area contributed by atoms with Gasteiger partial charge in [0.05, 0.1) is 0 Å². The molecule has 0 unspecified atom stereocenters. The van der Waals surface area contributed by atoms with Crippen molar-refractivity contribution >= 4 is 20.1 Å². The van der Waals surface area contributed by atoms with Crippen molar-refractivity contribution in [1.82, 2.24) is 9.55 Å². The normalized spacial score (nSPS) is 12.7. The zero-order valence-corrected chi connectivity index (χ0v) is 9.01. The van der Waals surface area contributed by atoms with Gasteiger partial charge in [-0.3, -0.25) is 9.78 Å². The number of H-pyrrole nitrogens is 1. The number of aromatic nitrogens is 2. The van der Waals surface area contributed by atoms with E-state index in [1.807, 2.05) is 0 Å². The van der Waals surface area contributed by atoms with Gasteiger partial charge in [0.2, 0.25) is 5.82 Å². The molecule has 0 fully saturated rings. The molecule has 0 aromatic carbocycles. The zero-order chi connectivity index (χ0) is 11.4. The first-order chi connectivity index (χ1) is 7.04. The Hall–Kier alpha value is -0.945. The highest BCUT2D eigenvalue weighted by atomic mass is 32.1. The second-order valence-electron chi connectivity index (χ2n) is 2.99. The fraction of sp³-hybridized carbons (Fsp3) is 0.500. The van der Waals surface area contributed by atoms with E-state index in [0.29, 0.717) is 13.0 Å². The summed E-state index contributed by atoms with van der Waals surface area (Å²) in [6.45, 7) is 0.390. The lowest BCUT2D eigenvalue weighted by atomic mass is 9.97. The van der Waals surface area contributed by atoms with Gasteiger partial charge in [-0.25, -0.2) is 0 Å². The molecule has 1 heterocycles. The summed E-state index contributed by atoms with van der Waals surface area (Å²) in [5.74, 6) is -0.866. The molecule has 4 nitrogen and oxygen atoms in total. The Morgan fingerprint density at radius 1 is 1.80 bits per heavy atom. The molecule has 0 aliphatic rings. The summed E-state index contributed by atoms with van der Waals surface area (Å²) in [7, 11) is 6.99. The third kappa shape index (κ3) is 3.28. The van der Waals surface area contributed by atoms with E-state index in [1.165, 1.54) is 11.7 Å². The molecular formula is C8H10BFN2O2S. The molecule has 1 aromatic heterocycles. The van der Waals surface area contributed by atoms with Crippen LogP contribution in [-0.2, 0) is 11.3 Å². The second-order valence-corrected chi connectivity index (χ2v) is 3.38. The summed E-state index contributed by atoms with van der Waals surface area (Å²) in [4.78, 5) is 13.0. The molecule has 0 saturated heterocycles. The van der Waals surface area contributed by atoms with Gasteiger partial charge in [0, 0.05) is 25.9 Å². The fourth-order valence-corrected chi connectivity index (χ4v) is 1.27. The summed E-state index contributed by atoms with van der Waals surface area (Å²) >= 11 is 4.85. The predicted molar refractivity (Wildman–Crippen MR) is 57.0 cm³/mol. The molecule has 2 radical (unpaired) electrons. The Kier molecular flexibility index (Phi) is 4.22. The van der Waals surface area contributed by atoms with Gasteiger partial charge in [-0.05, 0) is 18.6 Å². The van der Waals surface area contributed by atoms with E-state index < -0.39 is 17.4 Å². The van der Waals surface area contributed by atoms with Crippen molar-refractivity contribution in [3.63, 3.8) is 0 Å². The van der Waals surface area contributed by atoms with Gasteiger partial charge < -0.3 is 9.30 Å². The molecule has 0 saturated carbocycles. The average Bonchev–Trinajstić information content (AvgIpc) is 2.21. The number of aromatic amines is 1. The number of halogens is 1. The molecule has 0 spiro atoms. The zero-order valence-electron chi connectivity index (χ0n) is 8.20. The quantitative estimate of drug-likeness (QED) is 0.605. The Labute approximate surface area is 92.5 Å². The van der Waals surface area contributed by atoms with Crippen molar-refractivity contribution in [2.45, 2.75) is 19.0 Å². The van der Waals surface area contributed by atoms with E-state index >= 15 is 0 Å². The van der Waals surface area contributed by atoms with Crippen molar-refractivity contribution < 1.29 is 9.13 Å². The van der Waals surface area contributed by atoms with Gasteiger partial charge in [-0.15, -0.1) is 0 Å². The van der Waals surface area contributed by atoms with Crippen LogP contribution in [0.2, 0.25) is 0 Å². The molecule has 0 bridgehead atoms. The summed E-state index contributed by atoms with van der Waals surface area (Å²) in [5.41, 5.74) is -0.813. The first kappa shape index (κ1) is 12.1. The molecule has 0 aliphatic carbocycles. The van der Waals surface area contributed by atoms with Gasteiger partial charge in [0.1, 0.15) is 7.85 Å². The van der Waals surface area contributed by atoms with Crippen LogP contribution in [0, 0.1) is 10.6 Å². The summed E-state index contributed by atoms with van der Waals surface area (Å²) in [6, 6.07) is -0.429. The lowest BCUT2D eigenvalue weighted by Gasteiger charge is -2.11. The molecule has 15 heavy (non-hydrogen) atoms. The Bertz CT molecular complexity index is 445. The standard InChI is InChI=1S/C8H10BFN2O2S/c1-14-6(9)2-3-12-4-5(10)7(13)11-8(12)15/h4,6H,2-3H2,1H3,(H,11,13,15)/t6-/m0/s1.